The quantitative estimate of drug-likeness (QED) is 0.621. The molecule has 0 aromatic heterocycles. The molecule has 0 aliphatic carbocycles. The summed E-state index contributed by atoms with van der Waals surface area (Å²) >= 11 is 0. The van der Waals surface area contributed by atoms with Crippen LogP contribution < -0.4 is 5.32 Å². The van der Waals surface area contributed by atoms with E-state index in [0.29, 0.717) is 0 Å². The van der Waals surface area contributed by atoms with Gasteiger partial charge in [-0.25, -0.2) is 9.59 Å². The second-order valence-corrected chi connectivity index (χ2v) is 5.71. The zero-order valence-electron chi connectivity index (χ0n) is 13.1. The number of hydrogen-bond donors (Lipinski definition) is 1. The fourth-order valence-corrected chi connectivity index (χ4v) is 2.43. The normalized spacial score (nSPS) is 21.5. The molecule has 5 heteroatoms. The fraction of sp³-hybridized carbons (Fsp3) is 0.529. The van der Waals surface area contributed by atoms with Crippen LogP contribution in [-0.2, 0) is 20.7 Å². The first-order chi connectivity index (χ1) is 10.6. The predicted octanol–water partition coefficient (Wildman–Crippen LogP) is 2.83. The largest absolute Gasteiger partial charge is 0.458 e. The molecular formula is C17H23NO4. The van der Waals surface area contributed by atoms with E-state index in [2.05, 4.69) is 17.4 Å². The number of rotatable bonds is 7. The van der Waals surface area contributed by atoms with Crippen LogP contribution in [0.3, 0.4) is 0 Å². The van der Waals surface area contributed by atoms with Gasteiger partial charge in [0.2, 0.25) is 0 Å². The third-order valence-electron chi connectivity index (χ3n) is 3.78. The van der Waals surface area contributed by atoms with E-state index < -0.39 is 18.1 Å². The minimum absolute atomic E-state index is 0.165. The number of hydrogen-bond acceptors (Lipinski definition) is 4. The minimum atomic E-state index is -0.571. The molecule has 1 fully saturated rings. The van der Waals surface area contributed by atoms with Crippen LogP contribution in [0.15, 0.2) is 30.3 Å². The van der Waals surface area contributed by atoms with Crippen LogP contribution in [0.25, 0.3) is 0 Å². The van der Waals surface area contributed by atoms with Crippen LogP contribution in [0.5, 0.6) is 0 Å². The van der Waals surface area contributed by atoms with E-state index in [4.69, 9.17) is 9.47 Å². The van der Waals surface area contributed by atoms with Crippen molar-refractivity contribution in [3.8, 4) is 0 Å². The highest BCUT2D eigenvalue weighted by Gasteiger charge is 2.40. The Kier molecular flexibility index (Phi) is 5.81. The lowest BCUT2D eigenvalue weighted by Crippen LogP contribution is -2.58. The molecule has 22 heavy (non-hydrogen) atoms. The van der Waals surface area contributed by atoms with E-state index in [9.17, 15) is 9.59 Å². The van der Waals surface area contributed by atoms with Gasteiger partial charge in [0.15, 0.2) is 6.04 Å². The number of esters is 1. The SMILES string of the molecule is C[C@@H]1OC(=O)[C@@H]1NC(=O)O[C@@H](C)CCCCc1ccccc1. The van der Waals surface area contributed by atoms with Gasteiger partial charge < -0.3 is 14.8 Å². The first kappa shape index (κ1) is 16.3. The summed E-state index contributed by atoms with van der Waals surface area (Å²) in [5, 5.41) is 2.53. The van der Waals surface area contributed by atoms with Crippen molar-refractivity contribution >= 4 is 12.1 Å². The summed E-state index contributed by atoms with van der Waals surface area (Å²) in [6.45, 7) is 3.60. The van der Waals surface area contributed by atoms with Gasteiger partial charge in [-0.1, -0.05) is 30.3 Å². The summed E-state index contributed by atoms with van der Waals surface area (Å²) in [5.74, 6) is -0.403. The molecule has 1 amide bonds. The van der Waals surface area contributed by atoms with Crippen molar-refractivity contribution in [2.24, 2.45) is 0 Å². The first-order valence-electron chi connectivity index (χ1n) is 7.78. The van der Waals surface area contributed by atoms with Crippen molar-refractivity contribution in [3.05, 3.63) is 35.9 Å². The number of ether oxygens (including phenoxy) is 2. The van der Waals surface area contributed by atoms with Crippen LogP contribution in [0, 0.1) is 0 Å². The topological polar surface area (TPSA) is 64.6 Å². The van der Waals surface area contributed by atoms with Crippen LogP contribution in [0.1, 0.15) is 38.7 Å². The highest BCUT2D eigenvalue weighted by atomic mass is 16.6. The van der Waals surface area contributed by atoms with Gasteiger partial charge >= 0.3 is 12.1 Å². The third kappa shape index (κ3) is 4.76. The van der Waals surface area contributed by atoms with E-state index in [0.717, 1.165) is 25.7 Å². The van der Waals surface area contributed by atoms with E-state index in [1.54, 1.807) is 6.92 Å². The Hall–Kier alpha value is -2.04. The number of cyclic esters (lactones) is 1. The van der Waals surface area contributed by atoms with Gasteiger partial charge in [0.25, 0.3) is 0 Å². The maximum Gasteiger partial charge on any atom is 0.408 e. The molecule has 120 valence electrons. The molecule has 3 atom stereocenters. The molecule has 0 radical (unpaired) electrons. The Balaban J connectivity index is 1.58. The summed E-state index contributed by atoms with van der Waals surface area (Å²) in [6.07, 6.45) is 2.90. The van der Waals surface area contributed by atoms with Crippen LogP contribution >= 0.6 is 0 Å². The molecule has 1 N–H and O–H groups in total. The lowest BCUT2D eigenvalue weighted by atomic mass is 10.1. The monoisotopic (exact) mass is 305 g/mol. The summed E-state index contributed by atoms with van der Waals surface area (Å²) < 4.78 is 10.0. The molecule has 1 aromatic rings. The van der Waals surface area contributed by atoms with Gasteiger partial charge in [-0.3, -0.25) is 0 Å². The summed E-state index contributed by atoms with van der Waals surface area (Å²) in [7, 11) is 0. The molecule has 1 heterocycles. The van der Waals surface area contributed by atoms with E-state index >= 15 is 0 Å². The predicted molar refractivity (Wildman–Crippen MR) is 82.4 cm³/mol. The number of benzene rings is 1. The number of unbranched alkanes of at least 4 members (excludes halogenated alkanes) is 1. The minimum Gasteiger partial charge on any atom is -0.458 e. The molecule has 1 aliphatic heterocycles. The fourth-order valence-electron chi connectivity index (χ4n) is 2.43. The number of nitrogens with one attached hydrogen (secondary N) is 1. The first-order valence-corrected chi connectivity index (χ1v) is 7.78. The van der Waals surface area contributed by atoms with Gasteiger partial charge in [-0.05, 0) is 45.1 Å². The average molecular weight is 305 g/mol. The lowest BCUT2D eigenvalue weighted by Gasteiger charge is -2.32. The molecule has 0 saturated carbocycles. The molecule has 1 aliphatic rings. The summed E-state index contributed by atoms with van der Waals surface area (Å²) in [4.78, 5) is 22.8. The zero-order valence-corrected chi connectivity index (χ0v) is 13.1. The Morgan fingerprint density at radius 3 is 2.68 bits per heavy atom. The van der Waals surface area contributed by atoms with Crippen LogP contribution in [-0.4, -0.2) is 30.3 Å². The number of aryl methyl sites for hydroxylation is 1. The van der Waals surface area contributed by atoms with Crippen molar-refractivity contribution in [2.45, 2.75) is 57.8 Å². The number of alkyl carbamates (subject to hydrolysis) is 1. The molecule has 0 bridgehead atoms. The Bertz CT molecular complexity index is 503. The van der Waals surface area contributed by atoms with E-state index in [1.807, 2.05) is 25.1 Å². The number of amides is 1. The summed E-state index contributed by atoms with van der Waals surface area (Å²) in [5.41, 5.74) is 1.33. The highest BCUT2D eigenvalue weighted by molar-refractivity contribution is 5.86. The maximum absolute atomic E-state index is 11.7. The highest BCUT2D eigenvalue weighted by Crippen LogP contribution is 2.14. The van der Waals surface area contributed by atoms with Gasteiger partial charge in [0.05, 0.1) is 0 Å². The lowest BCUT2D eigenvalue weighted by molar-refractivity contribution is -0.174. The van der Waals surface area contributed by atoms with E-state index in [-0.39, 0.29) is 12.2 Å². The van der Waals surface area contributed by atoms with E-state index in [1.165, 1.54) is 5.56 Å². The van der Waals surface area contributed by atoms with Crippen molar-refractivity contribution in [2.75, 3.05) is 0 Å². The third-order valence-corrected chi connectivity index (χ3v) is 3.78. The van der Waals surface area contributed by atoms with Crippen LogP contribution in [0.2, 0.25) is 0 Å². The average Bonchev–Trinajstić information content (AvgIpc) is 2.50. The van der Waals surface area contributed by atoms with Crippen molar-refractivity contribution in [1.82, 2.24) is 5.32 Å². The zero-order chi connectivity index (χ0) is 15.9. The summed E-state index contributed by atoms with van der Waals surface area (Å²) in [6, 6.07) is 9.75. The Morgan fingerprint density at radius 2 is 2.05 bits per heavy atom. The molecular weight excluding hydrogens is 282 g/mol. The Labute approximate surface area is 131 Å². The van der Waals surface area contributed by atoms with Gasteiger partial charge in [0, 0.05) is 0 Å². The van der Waals surface area contributed by atoms with Gasteiger partial charge in [-0.2, -0.15) is 0 Å². The Morgan fingerprint density at radius 1 is 1.32 bits per heavy atom. The molecule has 5 nitrogen and oxygen atoms in total. The van der Waals surface area contributed by atoms with Crippen molar-refractivity contribution < 1.29 is 19.1 Å². The molecule has 1 saturated heterocycles. The number of carbonyl (C=O) groups is 2. The maximum atomic E-state index is 11.7. The van der Waals surface area contributed by atoms with Gasteiger partial charge in [-0.15, -0.1) is 0 Å². The standard InChI is InChI=1S/C17H23NO4/c1-12(8-6-7-11-14-9-4-3-5-10-14)21-17(20)18-15-13(2)22-16(15)19/h3-5,9-10,12-13,15H,6-8,11H2,1-2H3,(H,18,20)/t12-,13-,15+/m0/s1. The molecule has 0 unspecified atom stereocenters. The van der Waals surface area contributed by atoms with Crippen molar-refractivity contribution in [3.63, 3.8) is 0 Å². The van der Waals surface area contributed by atoms with Crippen molar-refractivity contribution in [1.29, 1.82) is 0 Å². The smallest absolute Gasteiger partial charge is 0.408 e. The molecule has 1 aromatic carbocycles. The molecule has 2 rings (SSSR count). The second kappa shape index (κ2) is 7.82. The second-order valence-electron chi connectivity index (χ2n) is 5.71. The van der Waals surface area contributed by atoms with Gasteiger partial charge in [0.1, 0.15) is 12.2 Å². The number of carbonyl (C=O) groups excluding carboxylic acids is 2. The van der Waals surface area contributed by atoms with Crippen LogP contribution in [0.4, 0.5) is 4.79 Å². The molecule has 0 spiro atoms.